The van der Waals surface area contributed by atoms with Crippen molar-refractivity contribution in [1.29, 1.82) is 0 Å². The van der Waals surface area contributed by atoms with E-state index in [0.717, 1.165) is 29.7 Å². The van der Waals surface area contributed by atoms with Crippen molar-refractivity contribution in [3.63, 3.8) is 0 Å². The normalized spacial score (nSPS) is 13.9. The van der Waals surface area contributed by atoms with Crippen molar-refractivity contribution in [1.82, 2.24) is 20.3 Å². The van der Waals surface area contributed by atoms with Gasteiger partial charge in [-0.25, -0.2) is 15.0 Å². The quantitative estimate of drug-likeness (QED) is 0.725. The number of carbonyl (C=O) groups excluding carboxylic acids is 1. The number of benzene rings is 1. The SMILES string of the molecule is O=C1CN(c2ccc(Nc3ccnc(Cc4ccccc4)n3)cn2)CCN1. The van der Waals surface area contributed by atoms with Gasteiger partial charge < -0.3 is 15.5 Å². The molecule has 0 unspecified atom stereocenters. The first kappa shape index (κ1) is 17.0. The number of nitrogens with one attached hydrogen (secondary N) is 2. The van der Waals surface area contributed by atoms with E-state index in [1.165, 1.54) is 5.56 Å². The Kier molecular flexibility index (Phi) is 4.91. The van der Waals surface area contributed by atoms with Crippen LogP contribution < -0.4 is 15.5 Å². The topological polar surface area (TPSA) is 83.0 Å². The average Bonchev–Trinajstić information content (AvgIpc) is 2.70. The second kappa shape index (κ2) is 7.82. The summed E-state index contributed by atoms with van der Waals surface area (Å²) in [4.78, 5) is 26.9. The minimum atomic E-state index is 0.0252. The fourth-order valence-corrected chi connectivity index (χ4v) is 2.96. The first-order valence-corrected chi connectivity index (χ1v) is 8.87. The van der Waals surface area contributed by atoms with Crippen LogP contribution in [0, 0.1) is 0 Å². The summed E-state index contributed by atoms with van der Waals surface area (Å²) < 4.78 is 0. The van der Waals surface area contributed by atoms with Gasteiger partial charge in [0, 0.05) is 25.7 Å². The van der Waals surface area contributed by atoms with Gasteiger partial charge in [-0.05, 0) is 23.8 Å². The predicted molar refractivity (Wildman–Crippen MR) is 104 cm³/mol. The molecule has 0 atom stereocenters. The van der Waals surface area contributed by atoms with E-state index in [0.29, 0.717) is 19.5 Å². The van der Waals surface area contributed by atoms with Crippen LogP contribution in [-0.2, 0) is 11.2 Å². The molecule has 0 spiro atoms. The molecule has 0 radical (unpaired) electrons. The number of amides is 1. The zero-order valence-electron chi connectivity index (χ0n) is 14.8. The van der Waals surface area contributed by atoms with Crippen molar-refractivity contribution in [2.24, 2.45) is 0 Å². The van der Waals surface area contributed by atoms with Gasteiger partial charge in [0.1, 0.15) is 17.5 Å². The monoisotopic (exact) mass is 360 g/mol. The van der Waals surface area contributed by atoms with Gasteiger partial charge >= 0.3 is 0 Å². The number of aromatic nitrogens is 3. The maximum absolute atomic E-state index is 11.5. The van der Waals surface area contributed by atoms with Crippen molar-refractivity contribution < 1.29 is 4.79 Å². The molecule has 0 saturated carbocycles. The van der Waals surface area contributed by atoms with Crippen molar-refractivity contribution in [2.75, 3.05) is 29.9 Å². The molecule has 0 bridgehead atoms. The minimum Gasteiger partial charge on any atom is -0.353 e. The molecule has 1 aliphatic heterocycles. The van der Waals surface area contributed by atoms with E-state index in [1.807, 2.05) is 41.3 Å². The summed E-state index contributed by atoms with van der Waals surface area (Å²) in [6, 6.07) is 15.8. The van der Waals surface area contributed by atoms with E-state index in [4.69, 9.17) is 0 Å². The molecule has 1 aliphatic rings. The van der Waals surface area contributed by atoms with Gasteiger partial charge in [-0.1, -0.05) is 30.3 Å². The molecule has 1 saturated heterocycles. The van der Waals surface area contributed by atoms with E-state index in [1.54, 1.807) is 12.4 Å². The van der Waals surface area contributed by atoms with Crippen molar-refractivity contribution in [3.05, 3.63) is 72.3 Å². The molecule has 2 N–H and O–H groups in total. The fraction of sp³-hybridized carbons (Fsp3) is 0.200. The Balaban J connectivity index is 1.43. The Labute approximate surface area is 157 Å². The van der Waals surface area contributed by atoms with E-state index >= 15 is 0 Å². The number of hydrogen-bond acceptors (Lipinski definition) is 6. The summed E-state index contributed by atoms with van der Waals surface area (Å²) in [7, 11) is 0. The van der Waals surface area contributed by atoms with Crippen molar-refractivity contribution >= 4 is 23.2 Å². The molecule has 1 fully saturated rings. The summed E-state index contributed by atoms with van der Waals surface area (Å²) in [5.74, 6) is 2.30. The molecule has 0 aliphatic carbocycles. The predicted octanol–water partition coefficient (Wildman–Crippen LogP) is 2.14. The second-order valence-corrected chi connectivity index (χ2v) is 6.32. The Morgan fingerprint density at radius 1 is 1.07 bits per heavy atom. The van der Waals surface area contributed by atoms with E-state index in [9.17, 15) is 4.79 Å². The Morgan fingerprint density at radius 2 is 1.96 bits per heavy atom. The van der Waals surface area contributed by atoms with Crippen LogP contribution in [0.3, 0.4) is 0 Å². The molecule has 7 nitrogen and oxygen atoms in total. The van der Waals surface area contributed by atoms with Crippen LogP contribution in [0.25, 0.3) is 0 Å². The lowest BCUT2D eigenvalue weighted by molar-refractivity contribution is -0.120. The van der Waals surface area contributed by atoms with Crippen LogP contribution in [0.5, 0.6) is 0 Å². The molecule has 1 aromatic carbocycles. The molecule has 27 heavy (non-hydrogen) atoms. The molecule has 4 rings (SSSR count). The largest absolute Gasteiger partial charge is 0.353 e. The molecule has 136 valence electrons. The first-order valence-electron chi connectivity index (χ1n) is 8.87. The average molecular weight is 360 g/mol. The van der Waals surface area contributed by atoms with Gasteiger partial charge in [-0.3, -0.25) is 4.79 Å². The highest BCUT2D eigenvalue weighted by atomic mass is 16.2. The lowest BCUT2D eigenvalue weighted by Crippen LogP contribution is -2.48. The van der Waals surface area contributed by atoms with Crippen molar-refractivity contribution in [3.8, 4) is 0 Å². The van der Waals surface area contributed by atoms with Gasteiger partial charge in [0.25, 0.3) is 0 Å². The zero-order chi connectivity index (χ0) is 18.5. The van der Waals surface area contributed by atoms with E-state index in [-0.39, 0.29) is 5.91 Å². The highest BCUT2D eigenvalue weighted by Gasteiger charge is 2.17. The van der Waals surface area contributed by atoms with E-state index < -0.39 is 0 Å². The number of rotatable bonds is 5. The van der Waals surface area contributed by atoms with Gasteiger partial charge in [0.05, 0.1) is 18.4 Å². The fourth-order valence-electron chi connectivity index (χ4n) is 2.96. The first-order chi connectivity index (χ1) is 13.3. The number of piperazine rings is 1. The molecule has 1 amide bonds. The molecular weight excluding hydrogens is 340 g/mol. The summed E-state index contributed by atoms with van der Waals surface area (Å²) in [5, 5.41) is 6.07. The highest BCUT2D eigenvalue weighted by molar-refractivity contribution is 5.82. The number of carbonyl (C=O) groups is 1. The van der Waals surface area contributed by atoms with Crippen LogP contribution in [-0.4, -0.2) is 40.5 Å². The van der Waals surface area contributed by atoms with Gasteiger partial charge in [-0.2, -0.15) is 0 Å². The molecule has 7 heteroatoms. The smallest absolute Gasteiger partial charge is 0.239 e. The Bertz CT molecular complexity index is 913. The lowest BCUT2D eigenvalue weighted by atomic mass is 10.1. The highest BCUT2D eigenvalue weighted by Crippen LogP contribution is 2.18. The van der Waals surface area contributed by atoms with E-state index in [2.05, 4.69) is 37.7 Å². The summed E-state index contributed by atoms with van der Waals surface area (Å²) in [6.07, 6.45) is 4.19. The van der Waals surface area contributed by atoms with Crippen LogP contribution in [0.1, 0.15) is 11.4 Å². The Hall–Kier alpha value is -3.48. The standard InChI is InChI=1S/C20H20N6O/c27-20-14-26(11-10-22-20)19-7-6-16(13-23-19)24-17-8-9-21-18(25-17)12-15-4-2-1-3-5-15/h1-9,13H,10-12,14H2,(H,22,27)(H,21,24,25). The molecular formula is C20H20N6O. The van der Waals surface area contributed by atoms with Crippen LogP contribution in [0.15, 0.2) is 60.9 Å². The van der Waals surface area contributed by atoms with Gasteiger partial charge in [0.15, 0.2) is 0 Å². The maximum Gasteiger partial charge on any atom is 0.239 e. The summed E-state index contributed by atoms with van der Waals surface area (Å²) >= 11 is 0. The Morgan fingerprint density at radius 3 is 2.74 bits per heavy atom. The number of nitrogens with zero attached hydrogens (tertiary/aromatic N) is 4. The molecule has 3 heterocycles. The third-order valence-corrected chi connectivity index (χ3v) is 4.29. The van der Waals surface area contributed by atoms with Gasteiger partial charge in [0.2, 0.25) is 5.91 Å². The third kappa shape index (κ3) is 4.38. The van der Waals surface area contributed by atoms with Gasteiger partial charge in [-0.15, -0.1) is 0 Å². The minimum absolute atomic E-state index is 0.0252. The van der Waals surface area contributed by atoms with Crippen LogP contribution in [0.2, 0.25) is 0 Å². The number of pyridine rings is 1. The maximum atomic E-state index is 11.5. The second-order valence-electron chi connectivity index (χ2n) is 6.32. The zero-order valence-corrected chi connectivity index (χ0v) is 14.8. The lowest BCUT2D eigenvalue weighted by Gasteiger charge is -2.27. The van der Waals surface area contributed by atoms with Crippen molar-refractivity contribution in [2.45, 2.75) is 6.42 Å². The third-order valence-electron chi connectivity index (χ3n) is 4.29. The number of anilines is 3. The van der Waals surface area contributed by atoms with Crippen LogP contribution in [0.4, 0.5) is 17.3 Å². The molecule has 3 aromatic rings. The molecule has 2 aromatic heterocycles. The van der Waals surface area contributed by atoms with Crippen LogP contribution >= 0.6 is 0 Å². The summed E-state index contributed by atoms with van der Waals surface area (Å²) in [5.41, 5.74) is 2.01. The number of hydrogen-bond donors (Lipinski definition) is 2. The summed E-state index contributed by atoms with van der Waals surface area (Å²) in [6.45, 7) is 1.75.